The van der Waals surface area contributed by atoms with E-state index in [4.69, 9.17) is 10.5 Å². The minimum absolute atomic E-state index is 0.0779. The van der Waals surface area contributed by atoms with Crippen LogP contribution < -0.4 is 21.1 Å². The first-order valence-corrected chi connectivity index (χ1v) is 7.53. The molecule has 0 bridgehead atoms. The Morgan fingerprint density at radius 2 is 1.86 bits per heavy atom. The summed E-state index contributed by atoms with van der Waals surface area (Å²) in [6.45, 7) is 6.27. The molecular weight excluding hydrogens is 282 g/mol. The Labute approximate surface area is 131 Å². The van der Waals surface area contributed by atoms with Crippen LogP contribution in [0.4, 0.5) is 5.69 Å². The number of hydrogen-bond donors (Lipinski definition) is 3. The van der Waals surface area contributed by atoms with Crippen molar-refractivity contribution in [3.05, 3.63) is 24.3 Å². The molecule has 2 atom stereocenters. The van der Waals surface area contributed by atoms with E-state index in [0.29, 0.717) is 12.3 Å². The van der Waals surface area contributed by atoms with Gasteiger partial charge >= 0.3 is 0 Å². The first-order valence-electron chi connectivity index (χ1n) is 7.53. The molecule has 0 radical (unpaired) electrons. The van der Waals surface area contributed by atoms with E-state index in [0.717, 1.165) is 12.2 Å². The predicted octanol–water partition coefficient (Wildman–Crippen LogP) is 1.51. The summed E-state index contributed by atoms with van der Waals surface area (Å²) >= 11 is 0. The number of amides is 2. The van der Waals surface area contributed by atoms with Crippen LogP contribution in [0.15, 0.2) is 24.3 Å². The molecule has 0 heterocycles. The monoisotopic (exact) mass is 307 g/mol. The Morgan fingerprint density at radius 1 is 1.23 bits per heavy atom. The summed E-state index contributed by atoms with van der Waals surface area (Å²) in [5.74, 6) is 0.215. The number of anilines is 1. The van der Waals surface area contributed by atoms with Crippen LogP contribution in [-0.2, 0) is 9.59 Å². The van der Waals surface area contributed by atoms with E-state index in [2.05, 4.69) is 10.6 Å². The molecule has 0 saturated carbocycles. The third-order valence-corrected chi connectivity index (χ3v) is 3.43. The number of nitrogens with two attached hydrogens (primary N) is 1. The fourth-order valence-electron chi connectivity index (χ4n) is 1.80. The van der Waals surface area contributed by atoms with Crippen LogP contribution in [0.3, 0.4) is 0 Å². The molecule has 2 amide bonds. The number of benzene rings is 1. The van der Waals surface area contributed by atoms with Crippen LogP contribution in [-0.4, -0.2) is 31.0 Å². The summed E-state index contributed by atoms with van der Waals surface area (Å²) in [6, 6.07) is 6.45. The highest BCUT2D eigenvalue weighted by atomic mass is 16.5. The number of nitrogens with one attached hydrogen (secondary N) is 2. The first kappa shape index (κ1) is 18.0. The van der Waals surface area contributed by atoms with Crippen molar-refractivity contribution in [3.63, 3.8) is 0 Å². The summed E-state index contributed by atoms with van der Waals surface area (Å²) in [5, 5.41) is 5.25. The zero-order valence-corrected chi connectivity index (χ0v) is 13.4. The van der Waals surface area contributed by atoms with Gasteiger partial charge in [-0.2, -0.15) is 0 Å². The standard InChI is InChI=1S/C16H25N3O3/c1-4-11(3)15(17)16(21)18-10-14(20)19-12-6-8-13(9-7-12)22-5-2/h6-9,11,15H,4-5,10,17H2,1-3H3,(H,18,21)(H,19,20). The van der Waals surface area contributed by atoms with Gasteiger partial charge in [0.2, 0.25) is 11.8 Å². The Balaban J connectivity index is 2.41. The molecule has 0 saturated heterocycles. The lowest BCUT2D eigenvalue weighted by molar-refractivity contribution is -0.125. The van der Waals surface area contributed by atoms with E-state index in [1.54, 1.807) is 24.3 Å². The summed E-state index contributed by atoms with van der Waals surface area (Å²) < 4.78 is 5.32. The largest absolute Gasteiger partial charge is 0.494 e. The minimum atomic E-state index is -0.594. The average molecular weight is 307 g/mol. The van der Waals surface area contributed by atoms with Crippen molar-refractivity contribution in [3.8, 4) is 5.75 Å². The number of carbonyl (C=O) groups excluding carboxylic acids is 2. The number of carbonyl (C=O) groups is 2. The summed E-state index contributed by atoms with van der Waals surface area (Å²) in [4.78, 5) is 23.6. The Bertz CT molecular complexity index is 488. The van der Waals surface area contributed by atoms with Gasteiger partial charge < -0.3 is 21.1 Å². The topological polar surface area (TPSA) is 93.5 Å². The van der Waals surface area contributed by atoms with Crippen molar-refractivity contribution in [2.24, 2.45) is 11.7 Å². The molecule has 1 aromatic rings. The summed E-state index contributed by atoms with van der Waals surface area (Å²) in [7, 11) is 0. The van der Waals surface area contributed by atoms with Crippen molar-refractivity contribution >= 4 is 17.5 Å². The molecule has 6 heteroatoms. The molecule has 2 unspecified atom stereocenters. The first-order chi connectivity index (χ1) is 10.5. The van der Waals surface area contributed by atoms with Crippen LogP contribution >= 0.6 is 0 Å². The maximum absolute atomic E-state index is 11.8. The van der Waals surface area contributed by atoms with Crippen molar-refractivity contribution in [1.29, 1.82) is 0 Å². The smallest absolute Gasteiger partial charge is 0.243 e. The molecule has 0 spiro atoms. The lowest BCUT2D eigenvalue weighted by Gasteiger charge is -2.17. The van der Waals surface area contributed by atoms with E-state index in [1.807, 2.05) is 20.8 Å². The third kappa shape index (κ3) is 5.73. The van der Waals surface area contributed by atoms with Crippen LogP contribution in [0, 0.1) is 5.92 Å². The highest BCUT2D eigenvalue weighted by molar-refractivity contribution is 5.95. The molecular formula is C16H25N3O3. The van der Waals surface area contributed by atoms with E-state index in [1.165, 1.54) is 0 Å². The van der Waals surface area contributed by atoms with Gasteiger partial charge in [0, 0.05) is 5.69 Å². The molecule has 4 N–H and O–H groups in total. The van der Waals surface area contributed by atoms with Gasteiger partial charge in [-0.3, -0.25) is 9.59 Å². The molecule has 122 valence electrons. The van der Waals surface area contributed by atoms with E-state index in [-0.39, 0.29) is 24.3 Å². The normalized spacial score (nSPS) is 13.1. The predicted molar refractivity (Wildman–Crippen MR) is 86.7 cm³/mol. The van der Waals surface area contributed by atoms with E-state index < -0.39 is 6.04 Å². The summed E-state index contributed by atoms with van der Waals surface area (Å²) in [6.07, 6.45) is 0.812. The van der Waals surface area contributed by atoms with Gasteiger partial charge in [-0.15, -0.1) is 0 Å². The third-order valence-electron chi connectivity index (χ3n) is 3.43. The lowest BCUT2D eigenvalue weighted by atomic mass is 9.99. The van der Waals surface area contributed by atoms with Crippen LogP contribution in [0.1, 0.15) is 27.2 Å². The Kier molecular flexibility index (Phi) is 7.39. The van der Waals surface area contributed by atoms with Crippen LogP contribution in [0.25, 0.3) is 0 Å². The van der Waals surface area contributed by atoms with Gasteiger partial charge in [-0.05, 0) is 37.1 Å². The molecule has 22 heavy (non-hydrogen) atoms. The van der Waals surface area contributed by atoms with Gasteiger partial charge in [0.05, 0.1) is 19.2 Å². The molecule has 0 aliphatic carbocycles. The molecule has 0 aromatic heterocycles. The van der Waals surface area contributed by atoms with Gasteiger partial charge in [-0.1, -0.05) is 20.3 Å². The second kappa shape index (κ2) is 9.04. The second-order valence-electron chi connectivity index (χ2n) is 5.13. The zero-order chi connectivity index (χ0) is 16.5. The van der Waals surface area contributed by atoms with Crippen LogP contribution in [0.5, 0.6) is 5.75 Å². The number of ether oxygens (including phenoxy) is 1. The maximum atomic E-state index is 11.8. The van der Waals surface area contributed by atoms with E-state index >= 15 is 0 Å². The average Bonchev–Trinajstić information content (AvgIpc) is 2.53. The zero-order valence-electron chi connectivity index (χ0n) is 13.4. The molecule has 0 aliphatic rings. The molecule has 0 aliphatic heterocycles. The van der Waals surface area contributed by atoms with Gasteiger partial charge in [0.1, 0.15) is 5.75 Å². The fourth-order valence-corrected chi connectivity index (χ4v) is 1.80. The van der Waals surface area contributed by atoms with Gasteiger partial charge in [0.15, 0.2) is 0 Å². The summed E-state index contributed by atoms with van der Waals surface area (Å²) in [5.41, 5.74) is 6.44. The maximum Gasteiger partial charge on any atom is 0.243 e. The van der Waals surface area contributed by atoms with Crippen molar-refractivity contribution in [2.75, 3.05) is 18.5 Å². The SMILES string of the molecule is CCOc1ccc(NC(=O)CNC(=O)C(N)C(C)CC)cc1. The van der Waals surface area contributed by atoms with Crippen molar-refractivity contribution < 1.29 is 14.3 Å². The van der Waals surface area contributed by atoms with Crippen LogP contribution in [0.2, 0.25) is 0 Å². The minimum Gasteiger partial charge on any atom is -0.494 e. The number of rotatable bonds is 8. The molecule has 1 aromatic carbocycles. The van der Waals surface area contributed by atoms with Gasteiger partial charge in [-0.25, -0.2) is 0 Å². The Morgan fingerprint density at radius 3 is 2.41 bits per heavy atom. The highest BCUT2D eigenvalue weighted by Crippen LogP contribution is 2.15. The number of hydrogen-bond acceptors (Lipinski definition) is 4. The fraction of sp³-hybridized carbons (Fsp3) is 0.500. The van der Waals surface area contributed by atoms with E-state index in [9.17, 15) is 9.59 Å². The highest BCUT2D eigenvalue weighted by Gasteiger charge is 2.19. The Hall–Kier alpha value is -2.08. The molecule has 0 fully saturated rings. The molecule has 1 rings (SSSR count). The quantitative estimate of drug-likeness (QED) is 0.678. The van der Waals surface area contributed by atoms with Crippen molar-refractivity contribution in [1.82, 2.24) is 5.32 Å². The van der Waals surface area contributed by atoms with Crippen molar-refractivity contribution in [2.45, 2.75) is 33.2 Å². The van der Waals surface area contributed by atoms with Gasteiger partial charge in [0.25, 0.3) is 0 Å². The molecule has 6 nitrogen and oxygen atoms in total. The lowest BCUT2D eigenvalue weighted by Crippen LogP contribution is -2.46. The second-order valence-corrected chi connectivity index (χ2v) is 5.13.